The topological polar surface area (TPSA) is 97.6 Å². The van der Waals surface area contributed by atoms with Crippen LogP contribution in [-0.2, 0) is 9.59 Å². The van der Waals surface area contributed by atoms with Gasteiger partial charge in [-0.25, -0.2) is 0 Å². The molecule has 1 aliphatic rings. The maximum absolute atomic E-state index is 12.2. The minimum Gasteiger partial charge on any atom is -0.306 e. The molecule has 1 saturated heterocycles. The number of hydrogen-bond acceptors (Lipinski definition) is 6. The maximum atomic E-state index is 12.2. The molecule has 0 radical (unpaired) electrons. The zero-order valence-electron chi connectivity index (χ0n) is 12.8. The van der Waals surface area contributed by atoms with E-state index >= 15 is 0 Å². The normalized spacial score (nSPS) is 17.4. The Labute approximate surface area is 137 Å². The van der Waals surface area contributed by atoms with Crippen LogP contribution in [0.15, 0.2) is 18.2 Å². The maximum Gasteiger partial charge on any atom is 0.293 e. The van der Waals surface area contributed by atoms with Crippen molar-refractivity contribution in [3.05, 3.63) is 33.9 Å². The van der Waals surface area contributed by atoms with Crippen LogP contribution in [0.3, 0.4) is 0 Å². The molecule has 0 saturated carbocycles. The number of nitro benzene ring substituents is 1. The van der Waals surface area contributed by atoms with Gasteiger partial charge in [0.1, 0.15) is 5.69 Å². The van der Waals surface area contributed by atoms with Crippen molar-refractivity contribution in [2.75, 3.05) is 17.2 Å². The molecule has 2 rings (SSSR count). The van der Waals surface area contributed by atoms with Crippen molar-refractivity contribution < 1.29 is 19.3 Å². The zero-order valence-corrected chi connectivity index (χ0v) is 13.6. The van der Waals surface area contributed by atoms with Gasteiger partial charge < -0.3 is 4.90 Å². The van der Waals surface area contributed by atoms with Gasteiger partial charge in [-0.2, -0.15) is 0 Å². The first kappa shape index (κ1) is 17.1. The molecule has 122 valence electrons. The van der Waals surface area contributed by atoms with Crippen LogP contribution in [0.4, 0.5) is 11.4 Å². The fraction of sp³-hybridized carbons (Fsp3) is 0.400. The number of rotatable bonds is 5. The highest BCUT2D eigenvalue weighted by atomic mass is 32.2. The molecular formula is C15H16N2O5S. The van der Waals surface area contributed by atoms with E-state index in [-0.39, 0.29) is 46.1 Å². The summed E-state index contributed by atoms with van der Waals surface area (Å²) in [6.45, 7) is 3.12. The number of ketones is 1. The number of thioether (sulfide) groups is 1. The van der Waals surface area contributed by atoms with Gasteiger partial charge in [-0.05, 0) is 25.0 Å². The van der Waals surface area contributed by atoms with Gasteiger partial charge in [-0.15, -0.1) is 0 Å². The number of carbonyl (C=O) groups excluding carboxylic acids is 3. The van der Waals surface area contributed by atoms with E-state index in [1.165, 1.54) is 36.9 Å². The van der Waals surface area contributed by atoms with E-state index in [1.807, 2.05) is 0 Å². The van der Waals surface area contributed by atoms with Crippen LogP contribution < -0.4 is 4.90 Å². The molecule has 1 aromatic carbocycles. The molecule has 7 nitrogen and oxygen atoms in total. The third-order valence-electron chi connectivity index (χ3n) is 3.60. The summed E-state index contributed by atoms with van der Waals surface area (Å²) in [4.78, 5) is 46.6. The molecule has 0 N–H and O–H groups in total. The van der Waals surface area contributed by atoms with E-state index in [2.05, 4.69) is 0 Å². The number of nitrogens with zero attached hydrogens (tertiary/aromatic N) is 2. The Bertz CT molecular complexity index is 688. The molecule has 0 aromatic heterocycles. The van der Waals surface area contributed by atoms with Crippen LogP contribution >= 0.6 is 11.8 Å². The zero-order chi connectivity index (χ0) is 17.1. The minimum atomic E-state index is -0.591. The fourth-order valence-electron chi connectivity index (χ4n) is 2.48. The van der Waals surface area contributed by atoms with Crippen LogP contribution in [0, 0.1) is 16.0 Å². The van der Waals surface area contributed by atoms with Gasteiger partial charge in [0, 0.05) is 37.3 Å². The Hall–Kier alpha value is -2.22. The second-order valence-electron chi connectivity index (χ2n) is 5.39. The van der Waals surface area contributed by atoms with Gasteiger partial charge in [-0.3, -0.25) is 24.5 Å². The molecule has 8 heteroatoms. The first-order chi connectivity index (χ1) is 10.8. The van der Waals surface area contributed by atoms with E-state index in [4.69, 9.17) is 0 Å². The summed E-state index contributed by atoms with van der Waals surface area (Å²) < 4.78 is 0. The quantitative estimate of drug-likeness (QED) is 0.465. The Morgan fingerprint density at radius 3 is 2.65 bits per heavy atom. The highest BCUT2D eigenvalue weighted by Gasteiger charge is 2.34. The first-order valence-electron chi connectivity index (χ1n) is 7.02. The van der Waals surface area contributed by atoms with E-state index in [0.29, 0.717) is 12.3 Å². The summed E-state index contributed by atoms with van der Waals surface area (Å²) in [5.41, 5.74) is 0.169. The lowest BCUT2D eigenvalue weighted by Crippen LogP contribution is -2.25. The lowest BCUT2D eigenvalue weighted by atomic mass is 10.1. The molecular weight excluding hydrogens is 320 g/mol. The SMILES string of the molecule is CC(=O)SCC1CC(=O)N(c2ccc(C(C)=O)cc2[N+](=O)[O-])C1. The van der Waals surface area contributed by atoms with Crippen LogP contribution in [0.25, 0.3) is 0 Å². The van der Waals surface area contributed by atoms with Gasteiger partial charge in [-0.1, -0.05) is 11.8 Å². The van der Waals surface area contributed by atoms with Crippen molar-refractivity contribution in [3.8, 4) is 0 Å². The van der Waals surface area contributed by atoms with Gasteiger partial charge in [0.05, 0.1) is 4.92 Å². The summed E-state index contributed by atoms with van der Waals surface area (Å²) >= 11 is 1.15. The molecule has 1 atom stereocenters. The standard InChI is InChI=1S/C15H16N2O5S/c1-9(18)12-3-4-13(14(6-12)17(21)22)16-7-11(5-15(16)20)8-23-10(2)19/h3-4,6,11H,5,7-8H2,1-2H3. The lowest BCUT2D eigenvalue weighted by Gasteiger charge is -2.17. The van der Waals surface area contributed by atoms with Crippen molar-refractivity contribution >= 4 is 39.9 Å². The highest BCUT2D eigenvalue weighted by Crippen LogP contribution is 2.34. The van der Waals surface area contributed by atoms with Gasteiger partial charge in [0.15, 0.2) is 10.9 Å². The second-order valence-corrected chi connectivity index (χ2v) is 6.59. The van der Waals surface area contributed by atoms with Crippen molar-refractivity contribution in [1.29, 1.82) is 0 Å². The smallest absolute Gasteiger partial charge is 0.293 e. The molecule has 0 spiro atoms. The van der Waals surface area contributed by atoms with Gasteiger partial charge in [0.25, 0.3) is 5.69 Å². The predicted octanol–water partition coefficient (Wildman–Crippen LogP) is 2.43. The van der Waals surface area contributed by atoms with Crippen molar-refractivity contribution in [2.24, 2.45) is 5.92 Å². The second kappa shape index (κ2) is 6.91. The highest BCUT2D eigenvalue weighted by molar-refractivity contribution is 8.13. The number of hydrogen-bond donors (Lipinski definition) is 0. The number of carbonyl (C=O) groups is 3. The Kier molecular flexibility index (Phi) is 5.15. The van der Waals surface area contributed by atoms with E-state index in [0.717, 1.165) is 11.8 Å². The van der Waals surface area contributed by atoms with Crippen LogP contribution in [-0.4, -0.2) is 34.0 Å². The Morgan fingerprint density at radius 1 is 1.39 bits per heavy atom. The average molecular weight is 336 g/mol. The summed E-state index contributed by atoms with van der Waals surface area (Å²) in [6.07, 6.45) is 0.256. The van der Waals surface area contributed by atoms with Gasteiger partial charge >= 0.3 is 0 Å². The molecule has 0 aliphatic carbocycles. The molecule has 1 amide bonds. The van der Waals surface area contributed by atoms with Crippen molar-refractivity contribution in [1.82, 2.24) is 0 Å². The monoisotopic (exact) mass is 336 g/mol. The van der Waals surface area contributed by atoms with E-state index < -0.39 is 4.92 Å². The fourth-order valence-corrected chi connectivity index (χ4v) is 3.17. The number of Topliss-reactive ketones (excluding diaryl/α,β-unsaturated/α-hetero) is 1. The number of benzene rings is 1. The largest absolute Gasteiger partial charge is 0.306 e. The third kappa shape index (κ3) is 3.95. The van der Waals surface area contributed by atoms with E-state index in [1.54, 1.807) is 0 Å². The molecule has 1 heterocycles. The van der Waals surface area contributed by atoms with Crippen molar-refractivity contribution in [3.63, 3.8) is 0 Å². The first-order valence-corrected chi connectivity index (χ1v) is 8.01. The molecule has 1 aromatic rings. The molecule has 1 fully saturated rings. The minimum absolute atomic E-state index is 0.0207. The third-order valence-corrected chi connectivity index (χ3v) is 4.64. The van der Waals surface area contributed by atoms with Crippen LogP contribution in [0.5, 0.6) is 0 Å². The van der Waals surface area contributed by atoms with Gasteiger partial charge in [0.2, 0.25) is 5.91 Å². The summed E-state index contributed by atoms with van der Waals surface area (Å²) in [6, 6.07) is 4.12. The molecule has 1 unspecified atom stereocenters. The average Bonchev–Trinajstić information content (AvgIpc) is 2.85. The molecule has 1 aliphatic heterocycles. The lowest BCUT2D eigenvalue weighted by molar-refractivity contribution is -0.384. The van der Waals surface area contributed by atoms with Crippen LogP contribution in [0.2, 0.25) is 0 Å². The Morgan fingerprint density at radius 2 is 2.09 bits per heavy atom. The summed E-state index contributed by atoms with van der Waals surface area (Å²) in [5.74, 6) is 0.00104. The number of nitro groups is 1. The molecule has 0 bridgehead atoms. The number of anilines is 1. The molecule has 23 heavy (non-hydrogen) atoms. The number of amides is 1. The van der Waals surface area contributed by atoms with E-state index in [9.17, 15) is 24.5 Å². The summed E-state index contributed by atoms with van der Waals surface area (Å²) in [5, 5.41) is 11.2. The Balaban J connectivity index is 2.27. The predicted molar refractivity (Wildman–Crippen MR) is 86.7 cm³/mol. The summed E-state index contributed by atoms with van der Waals surface area (Å²) in [7, 11) is 0. The van der Waals surface area contributed by atoms with Crippen LogP contribution in [0.1, 0.15) is 30.6 Å². The van der Waals surface area contributed by atoms with Crippen molar-refractivity contribution in [2.45, 2.75) is 20.3 Å².